The zero-order chi connectivity index (χ0) is 20.3. The van der Waals surface area contributed by atoms with Gasteiger partial charge in [0.25, 0.3) is 0 Å². The van der Waals surface area contributed by atoms with Crippen LogP contribution >= 0.6 is 0 Å². The SMILES string of the molecule is Cc1c(O)c(O)c(C=O)c(COCc2cccc(F)c2)c1-c1ccc(F)cc1. The maximum absolute atomic E-state index is 13.3. The third kappa shape index (κ3) is 3.87. The van der Waals surface area contributed by atoms with Crippen molar-refractivity contribution in [1.29, 1.82) is 0 Å². The first-order valence-corrected chi connectivity index (χ1v) is 8.53. The number of phenolic OH excluding ortho intramolecular Hbond substituents is 2. The van der Waals surface area contributed by atoms with E-state index in [4.69, 9.17) is 4.74 Å². The van der Waals surface area contributed by atoms with Gasteiger partial charge in [-0.3, -0.25) is 4.79 Å². The topological polar surface area (TPSA) is 66.8 Å². The van der Waals surface area contributed by atoms with Crippen LogP contribution in [0.3, 0.4) is 0 Å². The zero-order valence-electron chi connectivity index (χ0n) is 15.1. The van der Waals surface area contributed by atoms with E-state index in [9.17, 15) is 23.8 Å². The molecule has 0 heterocycles. The van der Waals surface area contributed by atoms with Crippen LogP contribution in [0.1, 0.15) is 27.0 Å². The second-order valence-corrected chi connectivity index (χ2v) is 6.34. The van der Waals surface area contributed by atoms with Crippen LogP contribution in [-0.4, -0.2) is 16.5 Å². The van der Waals surface area contributed by atoms with Gasteiger partial charge in [0, 0.05) is 11.1 Å². The molecule has 144 valence electrons. The van der Waals surface area contributed by atoms with Crippen molar-refractivity contribution in [2.75, 3.05) is 0 Å². The molecule has 0 saturated heterocycles. The second-order valence-electron chi connectivity index (χ2n) is 6.34. The maximum atomic E-state index is 13.3. The van der Waals surface area contributed by atoms with Crippen molar-refractivity contribution in [2.45, 2.75) is 20.1 Å². The van der Waals surface area contributed by atoms with Crippen LogP contribution in [0.15, 0.2) is 48.5 Å². The van der Waals surface area contributed by atoms with E-state index in [2.05, 4.69) is 0 Å². The van der Waals surface area contributed by atoms with Crippen LogP contribution < -0.4 is 0 Å². The van der Waals surface area contributed by atoms with Crippen LogP contribution in [0.4, 0.5) is 8.78 Å². The van der Waals surface area contributed by atoms with Gasteiger partial charge >= 0.3 is 0 Å². The van der Waals surface area contributed by atoms with Crippen molar-refractivity contribution >= 4 is 6.29 Å². The molecule has 0 aliphatic carbocycles. The molecule has 0 aliphatic heterocycles. The quantitative estimate of drug-likeness (QED) is 0.470. The molecule has 3 aromatic carbocycles. The molecule has 0 aromatic heterocycles. The van der Waals surface area contributed by atoms with Crippen LogP contribution in [0.2, 0.25) is 0 Å². The highest BCUT2D eigenvalue weighted by atomic mass is 19.1. The number of carbonyl (C=O) groups excluding carboxylic acids is 1. The van der Waals surface area contributed by atoms with Crippen molar-refractivity contribution < 1.29 is 28.5 Å². The third-order valence-corrected chi connectivity index (χ3v) is 4.49. The Morgan fingerprint density at radius 1 is 0.964 bits per heavy atom. The molecule has 3 rings (SSSR count). The van der Waals surface area contributed by atoms with Crippen molar-refractivity contribution in [3.8, 4) is 22.6 Å². The lowest BCUT2D eigenvalue weighted by molar-refractivity contribution is 0.103. The van der Waals surface area contributed by atoms with E-state index in [1.165, 1.54) is 36.4 Å². The summed E-state index contributed by atoms with van der Waals surface area (Å²) in [5.41, 5.74) is 2.21. The van der Waals surface area contributed by atoms with Gasteiger partial charge < -0.3 is 14.9 Å². The molecular weight excluding hydrogens is 366 g/mol. The van der Waals surface area contributed by atoms with Gasteiger partial charge in [-0.25, -0.2) is 8.78 Å². The first-order chi connectivity index (χ1) is 13.4. The predicted molar refractivity (Wildman–Crippen MR) is 100 cm³/mol. The Morgan fingerprint density at radius 2 is 1.68 bits per heavy atom. The number of hydrogen-bond donors (Lipinski definition) is 2. The number of halogens is 2. The molecule has 0 spiro atoms. The summed E-state index contributed by atoms with van der Waals surface area (Å²) in [6.07, 6.45) is 0.433. The Labute approximate surface area is 160 Å². The monoisotopic (exact) mass is 384 g/mol. The summed E-state index contributed by atoms with van der Waals surface area (Å²) < 4.78 is 32.3. The van der Waals surface area contributed by atoms with E-state index < -0.39 is 17.3 Å². The van der Waals surface area contributed by atoms with Gasteiger partial charge in [-0.2, -0.15) is 0 Å². The Morgan fingerprint density at radius 3 is 2.32 bits per heavy atom. The second kappa shape index (κ2) is 8.19. The summed E-state index contributed by atoms with van der Waals surface area (Å²) in [5, 5.41) is 20.4. The highest BCUT2D eigenvalue weighted by molar-refractivity contribution is 5.90. The Bertz CT molecular complexity index is 1010. The van der Waals surface area contributed by atoms with E-state index in [0.29, 0.717) is 34.1 Å². The molecule has 0 fully saturated rings. The van der Waals surface area contributed by atoms with Crippen LogP contribution in [0.5, 0.6) is 11.5 Å². The molecule has 0 bridgehead atoms. The molecule has 0 amide bonds. The number of hydrogen-bond acceptors (Lipinski definition) is 4. The molecule has 0 radical (unpaired) electrons. The Balaban J connectivity index is 2.02. The predicted octanol–water partition coefficient (Wildman–Crippen LogP) is 4.88. The number of aldehydes is 1. The number of phenols is 2. The van der Waals surface area contributed by atoms with Crippen molar-refractivity contribution in [3.05, 3.63) is 82.4 Å². The first kappa shape index (κ1) is 19.5. The summed E-state index contributed by atoms with van der Waals surface area (Å²) in [5.74, 6) is -1.78. The first-order valence-electron chi connectivity index (χ1n) is 8.53. The average molecular weight is 384 g/mol. The van der Waals surface area contributed by atoms with Crippen LogP contribution in [0, 0.1) is 18.6 Å². The highest BCUT2D eigenvalue weighted by Crippen LogP contribution is 2.42. The fourth-order valence-electron chi connectivity index (χ4n) is 3.11. The Kier molecular flexibility index (Phi) is 5.70. The summed E-state index contributed by atoms with van der Waals surface area (Å²) in [6.45, 7) is 1.59. The Hall–Kier alpha value is -3.25. The van der Waals surface area contributed by atoms with E-state index in [0.717, 1.165) is 0 Å². The molecule has 0 aliphatic rings. The number of benzene rings is 3. The highest BCUT2D eigenvalue weighted by Gasteiger charge is 2.22. The molecule has 0 unspecified atom stereocenters. The number of aromatic hydroxyl groups is 2. The fourth-order valence-corrected chi connectivity index (χ4v) is 3.11. The summed E-state index contributed by atoms with van der Waals surface area (Å²) >= 11 is 0. The van der Waals surface area contributed by atoms with Gasteiger partial charge in [0.15, 0.2) is 17.8 Å². The van der Waals surface area contributed by atoms with Gasteiger partial charge in [0.05, 0.1) is 18.8 Å². The van der Waals surface area contributed by atoms with Gasteiger partial charge in [0.2, 0.25) is 0 Å². The number of carbonyl (C=O) groups is 1. The molecule has 0 atom stereocenters. The molecule has 4 nitrogen and oxygen atoms in total. The molecule has 2 N–H and O–H groups in total. The molecule has 3 aromatic rings. The minimum Gasteiger partial charge on any atom is -0.504 e. The minimum atomic E-state index is -0.539. The van der Waals surface area contributed by atoms with E-state index in [1.807, 2.05) is 0 Å². The lowest BCUT2D eigenvalue weighted by Crippen LogP contribution is -2.04. The summed E-state index contributed by atoms with van der Waals surface area (Å²) in [4.78, 5) is 11.6. The molecule has 28 heavy (non-hydrogen) atoms. The summed E-state index contributed by atoms with van der Waals surface area (Å²) in [7, 11) is 0. The molecular formula is C22H18F2O4. The largest absolute Gasteiger partial charge is 0.504 e. The maximum Gasteiger partial charge on any atom is 0.168 e. The van der Waals surface area contributed by atoms with Crippen LogP contribution in [0.25, 0.3) is 11.1 Å². The van der Waals surface area contributed by atoms with Gasteiger partial charge in [-0.15, -0.1) is 0 Å². The number of rotatable bonds is 6. The van der Waals surface area contributed by atoms with E-state index >= 15 is 0 Å². The van der Waals surface area contributed by atoms with Crippen LogP contribution in [-0.2, 0) is 18.0 Å². The standard InChI is InChI=1S/C22H18F2O4/c1-13-20(15-5-7-16(23)8-6-15)19(18(10-25)22(27)21(13)26)12-28-11-14-3-2-4-17(24)9-14/h2-10,26-27H,11-12H2,1H3. The van der Waals surface area contributed by atoms with Gasteiger partial charge in [-0.05, 0) is 47.9 Å². The van der Waals surface area contributed by atoms with E-state index in [1.54, 1.807) is 19.1 Å². The average Bonchev–Trinajstić information content (AvgIpc) is 2.68. The summed E-state index contributed by atoms with van der Waals surface area (Å²) in [6, 6.07) is 11.5. The lowest BCUT2D eigenvalue weighted by atomic mass is 9.90. The number of ether oxygens (including phenoxy) is 1. The van der Waals surface area contributed by atoms with Gasteiger partial charge in [0.1, 0.15) is 11.6 Å². The van der Waals surface area contributed by atoms with E-state index in [-0.39, 0.29) is 24.6 Å². The molecule has 6 heteroatoms. The zero-order valence-corrected chi connectivity index (χ0v) is 15.1. The molecule has 0 saturated carbocycles. The third-order valence-electron chi connectivity index (χ3n) is 4.49. The van der Waals surface area contributed by atoms with Crippen molar-refractivity contribution in [3.63, 3.8) is 0 Å². The van der Waals surface area contributed by atoms with Crippen molar-refractivity contribution in [2.24, 2.45) is 0 Å². The minimum absolute atomic E-state index is 0.0774. The fraction of sp³-hybridized carbons (Fsp3) is 0.136. The normalized spacial score (nSPS) is 10.8. The van der Waals surface area contributed by atoms with Gasteiger partial charge in [-0.1, -0.05) is 24.3 Å². The smallest absolute Gasteiger partial charge is 0.168 e. The lowest BCUT2D eigenvalue weighted by Gasteiger charge is -2.18. The van der Waals surface area contributed by atoms with Crippen molar-refractivity contribution in [1.82, 2.24) is 0 Å².